The quantitative estimate of drug-likeness (QED) is 0.211. The molecule has 2 fully saturated rings. The lowest BCUT2D eigenvalue weighted by molar-refractivity contribution is -0.0597. The van der Waals surface area contributed by atoms with Gasteiger partial charge in [-0.25, -0.2) is 19.8 Å². The predicted molar refractivity (Wildman–Crippen MR) is 111 cm³/mol. The molecule has 2 aromatic rings. The van der Waals surface area contributed by atoms with Crippen molar-refractivity contribution in [2.24, 2.45) is 5.73 Å². The van der Waals surface area contributed by atoms with Gasteiger partial charge in [0.25, 0.3) is 0 Å². The summed E-state index contributed by atoms with van der Waals surface area (Å²) in [5.41, 5.74) is 12.3. The lowest BCUT2D eigenvalue weighted by Crippen LogP contribution is -2.40. The Kier molecular flexibility index (Phi) is 6.40. The molecule has 7 N–H and O–H groups in total. The third-order valence-corrected chi connectivity index (χ3v) is 6.24. The van der Waals surface area contributed by atoms with Gasteiger partial charge in [-0.2, -0.15) is 9.05 Å². The van der Waals surface area contributed by atoms with E-state index in [9.17, 15) is 10.00 Å². The van der Waals surface area contributed by atoms with Crippen LogP contribution in [0.5, 0.6) is 0 Å². The minimum absolute atomic E-state index is 0.00661. The normalized spacial score (nSPS) is 31.2. The molecule has 0 saturated carbocycles. The van der Waals surface area contributed by atoms with Crippen molar-refractivity contribution in [3.63, 3.8) is 0 Å². The highest BCUT2D eigenvalue weighted by Crippen LogP contribution is 2.58. The van der Waals surface area contributed by atoms with E-state index in [1.54, 1.807) is 4.57 Å². The zero-order valence-electron chi connectivity index (χ0n) is 16.4. The van der Waals surface area contributed by atoms with Gasteiger partial charge in [0.15, 0.2) is 29.3 Å². The van der Waals surface area contributed by atoms with E-state index in [-0.39, 0.29) is 12.4 Å². The summed E-state index contributed by atoms with van der Waals surface area (Å²) < 4.78 is 18.1. The van der Waals surface area contributed by atoms with Crippen LogP contribution in [0.1, 0.15) is 31.9 Å². The number of nitrogens with two attached hydrogens (primary N) is 2. The van der Waals surface area contributed by atoms with Crippen molar-refractivity contribution in [2.75, 3.05) is 30.7 Å². The van der Waals surface area contributed by atoms with Crippen LogP contribution in [-0.2, 0) is 13.8 Å². The highest BCUT2D eigenvalue weighted by molar-refractivity contribution is 7.85. The number of rotatable bonds is 8. The summed E-state index contributed by atoms with van der Waals surface area (Å²) in [6.07, 6.45) is 1.87. The van der Waals surface area contributed by atoms with Crippen LogP contribution in [0.25, 0.3) is 11.2 Å². The fourth-order valence-electron chi connectivity index (χ4n) is 3.70. The van der Waals surface area contributed by atoms with Gasteiger partial charge in [-0.15, -0.1) is 0 Å². The molecule has 2 aliphatic rings. The van der Waals surface area contributed by atoms with Crippen LogP contribution in [-0.4, -0.2) is 75.1 Å². The van der Waals surface area contributed by atoms with Crippen LogP contribution in [0.3, 0.4) is 0 Å². The van der Waals surface area contributed by atoms with Crippen LogP contribution in [0.2, 0.25) is 0 Å². The lowest BCUT2D eigenvalue weighted by atomic mass is 10.1. The first-order chi connectivity index (χ1) is 14.4. The first kappa shape index (κ1) is 21.6. The Hall–Kier alpha value is -1.60. The first-order valence-electron chi connectivity index (χ1n) is 9.90. The predicted octanol–water partition coefficient (Wildman–Crippen LogP) is -0.148. The topological polar surface area (TPSA) is 176 Å². The summed E-state index contributed by atoms with van der Waals surface area (Å²) >= 11 is 0. The van der Waals surface area contributed by atoms with E-state index in [0.29, 0.717) is 30.2 Å². The molecule has 2 saturated heterocycles. The van der Waals surface area contributed by atoms with Gasteiger partial charge in [0.1, 0.15) is 25.1 Å². The maximum atomic E-state index is 10.9. The molecule has 12 nitrogen and oxygen atoms in total. The van der Waals surface area contributed by atoms with Crippen LogP contribution in [0, 0.1) is 0 Å². The smallest absolute Gasteiger partial charge is 0.385 e. The van der Waals surface area contributed by atoms with Gasteiger partial charge >= 0.3 is 15.4 Å². The van der Waals surface area contributed by atoms with E-state index < -0.39 is 32.4 Å². The molecule has 4 rings (SSSR count). The van der Waals surface area contributed by atoms with Gasteiger partial charge in [0.2, 0.25) is 5.95 Å². The molecule has 30 heavy (non-hydrogen) atoms. The first-order valence-corrected chi connectivity index (χ1v) is 11.5. The number of aromatic nitrogens is 4. The van der Waals surface area contributed by atoms with E-state index in [1.165, 1.54) is 6.33 Å². The minimum atomic E-state index is -3.48. The Bertz CT molecular complexity index is 887. The summed E-state index contributed by atoms with van der Waals surface area (Å²) in [5, 5.41) is 14.2. The van der Waals surface area contributed by atoms with Crippen LogP contribution >= 0.6 is 7.82 Å². The second-order valence-electron chi connectivity index (χ2n) is 7.35. The number of fused-ring (bicyclic) bond motifs is 2. The van der Waals surface area contributed by atoms with Crippen molar-refractivity contribution in [1.82, 2.24) is 19.5 Å². The largest absolute Gasteiger partial charge is 0.488 e. The summed E-state index contributed by atoms with van der Waals surface area (Å²) in [6.45, 7) is 1.35. The highest BCUT2D eigenvalue weighted by Gasteiger charge is 2.57. The maximum Gasteiger partial charge on any atom is 0.488 e. The van der Waals surface area contributed by atoms with Crippen molar-refractivity contribution in [2.45, 2.75) is 50.2 Å². The fourth-order valence-corrected chi connectivity index (χ4v) is 4.73. The molecular weight excluding hydrogens is 412 g/mol. The Balaban J connectivity index is 1.58. The molecule has 14 heteroatoms. The zero-order chi connectivity index (χ0) is 21.3. The number of imidazole rings is 1. The molecule has 0 aliphatic carbocycles. The van der Waals surface area contributed by atoms with Crippen LogP contribution < -0.4 is 16.8 Å². The number of nitrogen functional groups attached to an aromatic ring is 1. The van der Waals surface area contributed by atoms with Crippen LogP contribution in [0.15, 0.2) is 6.33 Å². The molecule has 2 unspecified atom stereocenters. The Labute approximate surface area is 175 Å². The average molecular weight is 438 g/mol. The number of hydrogen-bond acceptors (Lipinski definition) is 11. The molecular formula is C16H26BN7O5P+. The van der Waals surface area contributed by atoms with E-state index in [2.05, 4.69) is 20.3 Å². The van der Waals surface area contributed by atoms with Gasteiger partial charge in [-0.1, -0.05) is 12.8 Å². The summed E-state index contributed by atoms with van der Waals surface area (Å²) in [7, 11) is 2.11. The molecule has 162 valence electrons. The van der Waals surface area contributed by atoms with Crippen molar-refractivity contribution in [3.05, 3.63) is 6.33 Å². The maximum absolute atomic E-state index is 10.9. The fraction of sp³-hybridized carbons (Fsp3) is 0.688. The third kappa shape index (κ3) is 4.24. The van der Waals surface area contributed by atoms with Gasteiger partial charge in [0, 0.05) is 6.54 Å². The Morgan fingerprint density at radius 2 is 2.10 bits per heavy atom. The van der Waals surface area contributed by atoms with E-state index >= 15 is 0 Å². The molecule has 2 aliphatic heterocycles. The minimum Gasteiger partial charge on any atom is -0.385 e. The van der Waals surface area contributed by atoms with Crippen molar-refractivity contribution >= 4 is 38.3 Å². The Morgan fingerprint density at radius 1 is 1.30 bits per heavy atom. The molecule has 0 bridgehead atoms. The van der Waals surface area contributed by atoms with E-state index in [0.717, 1.165) is 25.7 Å². The number of hydrogen-bond donors (Lipinski definition) is 5. The molecule has 5 atom stereocenters. The van der Waals surface area contributed by atoms with Crippen molar-refractivity contribution < 1.29 is 23.8 Å². The summed E-state index contributed by atoms with van der Waals surface area (Å²) in [6, 6.07) is 0. The molecule has 0 aromatic carbocycles. The SMILES string of the molecule is [B][P+]1(O)OC[C@H]2O[C@@H](n3c(NCCCCCCN)nc4c(N)ncnc43)C(O)[C@@H]2O1. The van der Waals surface area contributed by atoms with E-state index in [1.807, 2.05) is 0 Å². The van der Waals surface area contributed by atoms with E-state index in [4.69, 9.17) is 32.8 Å². The average Bonchev–Trinajstić information content (AvgIpc) is 3.22. The summed E-state index contributed by atoms with van der Waals surface area (Å²) in [4.78, 5) is 22.7. The monoisotopic (exact) mass is 438 g/mol. The van der Waals surface area contributed by atoms with Crippen molar-refractivity contribution in [1.29, 1.82) is 0 Å². The van der Waals surface area contributed by atoms with Gasteiger partial charge in [-0.05, 0) is 19.4 Å². The zero-order valence-corrected chi connectivity index (χ0v) is 17.3. The molecule has 0 amide bonds. The molecule has 2 radical (unpaired) electrons. The third-order valence-electron chi connectivity index (χ3n) is 5.18. The highest BCUT2D eigenvalue weighted by atomic mass is 31.2. The number of anilines is 2. The number of unbranched alkanes of at least 4 members (excludes halogenated alkanes) is 3. The molecule has 2 aromatic heterocycles. The summed E-state index contributed by atoms with van der Waals surface area (Å²) in [5.74, 6) is 0.661. The number of nitrogens with one attached hydrogen (secondary N) is 1. The number of aliphatic hydroxyl groups excluding tert-OH is 1. The number of ether oxygens (including phenoxy) is 1. The van der Waals surface area contributed by atoms with Crippen LogP contribution in [0.4, 0.5) is 11.8 Å². The molecule has 0 spiro atoms. The second-order valence-corrected chi connectivity index (χ2v) is 8.95. The van der Waals surface area contributed by atoms with Gasteiger partial charge in [0.05, 0.1) is 0 Å². The standard InChI is InChI=1S/C16H26BN7O5P/c17-30(26)27-7-9-12(29-30)11(25)15(28-9)24-14-10(13(19)21-8-22-14)23-16(24)20-6-4-2-1-3-5-18/h8-9,11-12,15,25-26H,1-7,18H2,(H,20,23)(H2,19,21,22)/q+1/t9-,11?,12-,15-,30?/m1/s1. The molecule has 4 heterocycles. The van der Waals surface area contributed by atoms with Gasteiger partial charge < -0.3 is 26.6 Å². The van der Waals surface area contributed by atoms with Crippen molar-refractivity contribution in [3.8, 4) is 0 Å². The number of aliphatic hydroxyl groups is 1. The van der Waals surface area contributed by atoms with Gasteiger partial charge in [-0.3, -0.25) is 4.57 Å². The Morgan fingerprint density at radius 3 is 2.90 bits per heavy atom. The second kappa shape index (κ2) is 8.87. The lowest BCUT2D eigenvalue weighted by Gasteiger charge is -2.27. The number of nitrogens with zero attached hydrogens (tertiary/aromatic N) is 4.